The highest BCUT2D eigenvalue weighted by Gasteiger charge is 2.51. The molecular weight excluding hydrogens is 339 g/mol. The van der Waals surface area contributed by atoms with Crippen LogP contribution in [0.15, 0.2) is 48.5 Å². The molecule has 0 amide bonds. The number of rotatable bonds is 4. The number of nitriles is 1. The van der Waals surface area contributed by atoms with Gasteiger partial charge in [0, 0.05) is 0 Å². The summed E-state index contributed by atoms with van der Waals surface area (Å²) in [7, 11) is -5.40. The molecule has 0 heterocycles. The Morgan fingerprint density at radius 3 is 2.04 bits per heavy atom. The number of nitrogens with zero attached hydrogens (tertiary/aromatic N) is 1. The number of benzene rings is 2. The minimum Gasteiger partial charge on any atom is -0.219 e. The number of halogens is 3. The molecular formula is C17H14F3NO2S. The molecule has 0 spiro atoms. The first-order chi connectivity index (χ1) is 11.1. The molecule has 7 heteroatoms. The van der Waals surface area contributed by atoms with Gasteiger partial charge in [0.25, 0.3) is 9.84 Å². The molecule has 0 bridgehead atoms. The van der Waals surface area contributed by atoms with Crippen LogP contribution in [0.2, 0.25) is 0 Å². The fraction of sp³-hybridized carbons (Fsp3) is 0.235. The summed E-state index contributed by atoms with van der Waals surface area (Å²) in [6.07, 6.45) is -0.298. The number of hydrogen-bond acceptors (Lipinski definition) is 3. The van der Waals surface area contributed by atoms with Crippen molar-refractivity contribution in [2.75, 3.05) is 0 Å². The van der Waals surface area contributed by atoms with E-state index in [4.69, 9.17) is 5.26 Å². The molecule has 0 fully saturated rings. The molecule has 0 radical (unpaired) electrons. The van der Waals surface area contributed by atoms with Gasteiger partial charge in [-0.3, -0.25) is 0 Å². The average molecular weight is 353 g/mol. The van der Waals surface area contributed by atoms with E-state index in [1.54, 1.807) is 24.3 Å². The molecule has 2 aromatic carbocycles. The van der Waals surface area contributed by atoms with Gasteiger partial charge in [0.05, 0.1) is 16.9 Å². The smallest absolute Gasteiger partial charge is 0.219 e. The van der Waals surface area contributed by atoms with Crippen LogP contribution in [0, 0.1) is 18.3 Å². The summed E-state index contributed by atoms with van der Waals surface area (Å²) < 4.78 is 63.1. The molecule has 2 aromatic rings. The summed E-state index contributed by atoms with van der Waals surface area (Å²) in [6, 6.07) is 13.6. The molecule has 0 aromatic heterocycles. The highest BCUT2D eigenvalue weighted by atomic mass is 32.2. The molecule has 0 saturated heterocycles. The predicted molar refractivity (Wildman–Crippen MR) is 83.8 cm³/mol. The van der Waals surface area contributed by atoms with Crippen molar-refractivity contribution in [1.82, 2.24) is 0 Å². The Morgan fingerprint density at radius 1 is 1.04 bits per heavy atom. The van der Waals surface area contributed by atoms with Crippen LogP contribution >= 0.6 is 0 Å². The second-order valence-corrected chi connectivity index (χ2v) is 7.52. The van der Waals surface area contributed by atoms with Crippen LogP contribution in [0.1, 0.15) is 27.5 Å². The fourth-order valence-electron chi connectivity index (χ4n) is 2.28. The maximum Gasteiger partial charge on any atom is 0.498 e. The molecule has 126 valence electrons. The van der Waals surface area contributed by atoms with E-state index >= 15 is 0 Å². The molecule has 1 unspecified atom stereocenters. The van der Waals surface area contributed by atoms with Crippen LogP contribution in [0.4, 0.5) is 13.2 Å². The Morgan fingerprint density at radius 2 is 1.58 bits per heavy atom. The zero-order chi connectivity index (χ0) is 18.0. The van der Waals surface area contributed by atoms with Gasteiger partial charge in [-0.25, -0.2) is 8.42 Å². The van der Waals surface area contributed by atoms with E-state index in [1.807, 2.05) is 13.0 Å². The van der Waals surface area contributed by atoms with Gasteiger partial charge in [-0.1, -0.05) is 42.0 Å². The topological polar surface area (TPSA) is 57.9 Å². The summed E-state index contributed by atoms with van der Waals surface area (Å²) in [4.78, 5) is 0. The lowest BCUT2D eigenvalue weighted by atomic mass is 10.0. The van der Waals surface area contributed by atoms with Gasteiger partial charge in [-0.15, -0.1) is 0 Å². The highest BCUT2D eigenvalue weighted by molar-refractivity contribution is 7.92. The zero-order valence-corrected chi connectivity index (χ0v) is 13.5. The maximum atomic E-state index is 13.0. The van der Waals surface area contributed by atoms with Gasteiger partial charge >= 0.3 is 5.51 Å². The first-order valence-corrected chi connectivity index (χ1v) is 8.55. The van der Waals surface area contributed by atoms with Crippen LogP contribution in [-0.2, 0) is 16.3 Å². The van der Waals surface area contributed by atoms with E-state index in [2.05, 4.69) is 0 Å². The van der Waals surface area contributed by atoms with Crippen molar-refractivity contribution in [1.29, 1.82) is 5.26 Å². The third kappa shape index (κ3) is 3.77. The number of hydrogen-bond donors (Lipinski definition) is 0. The highest BCUT2D eigenvalue weighted by Crippen LogP contribution is 2.37. The van der Waals surface area contributed by atoms with Gasteiger partial charge in [0.2, 0.25) is 0 Å². The zero-order valence-electron chi connectivity index (χ0n) is 12.7. The molecule has 1 atom stereocenters. The second-order valence-electron chi connectivity index (χ2n) is 5.40. The van der Waals surface area contributed by atoms with Crippen LogP contribution in [-0.4, -0.2) is 13.9 Å². The molecule has 0 N–H and O–H groups in total. The van der Waals surface area contributed by atoms with E-state index < -0.39 is 20.6 Å². The van der Waals surface area contributed by atoms with Gasteiger partial charge in [0.1, 0.15) is 0 Å². The molecule has 2 rings (SSSR count). The Balaban J connectivity index is 2.48. The van der Waals surface area contributed by atoms with Gasteiger partial charge in [-0.05, 0) is 36.6 Å². The van der Waals surface area contributed by atoms with Crippen LogP contribution in [0.3, 0.4) is 0 Å². The van der Waals surface area contributed by atoms with Gasteiger partial charge in [-0.2, -0.15) is 18.4 Å². The Labute approximate surface area is 138 Å². The largest absolute Gasteiger partial charge is 0.498 e. The number of alkyl halides is 3. The van der Waals surface area contributed by atoms with Crippen molar-refractivity contribution in [3.63, 3.8) is 0 Å². The third-order valence-electron chi connectivity index (χ3n) is 3.65. The minimum atomic E-state index is -5.40. The van der Waals surface area contributed by atoms with Crippen LogP contribution in [0.25, 0.3) is 0 Å². The van der Waals surface area contributed by atoms with E-state index in [9.17, 15) is 21.6 Å². The summed E-state index contributed by atoms with van der Waals surface area (Å²) in [5.74, 6) is 0. The van der Waals surface area contributed by atoms with Crippen molar-refractivity contribution in [3.8, 4) is 6.07 Å². The predicted octanol–water partition coefficient (Wildman–Crippen LogP) is 4.09. The second kappa shape index (κ2) is 6.65. The van der Waals surface area contributed by atoms with Crippen molar-refractivity contribution in [2.45, 2.75) is 24.1 Å². The molecule has 24 heavy (non-hydrogen) atoms. The molecule has 0 saturated carbocycles. The lowest BCUT2D eigenvalue weighted by Crippen LogP contribution is -2.30. The quantitative estimate of drug-likeness (QED) is 0.832. The maximum absolute atomic E-state index is 13.0. The Bertz CT molecular complexity index is 849. The van der Waals surface area contributed by atoms with Crippen molar-refractivity contribution < 1.29 is 21.6 Å². The monoisotopic (exact) mass is 353 g/mol. The normalized spacial score (nSPS) is 13.3. The number of sulfone groups is 1. The van der Waals surface area contributed by atoms with E-state index in [-0.39, 0.29) is 17.5 Å². The SMILES string of the molecule is Cc1ccc(CC(c2ccc(C#N)cc2)S(=O)(=O)C(F)(F)F)cc1. The molecule has 0 aliphatic rings. The van der Waals surface area contributed by atoms with Crippen molar-refractivity contribution in [2.24, 2.45) is 0 Å². The third-order valence-corrected chi connectivity index (χ3v) is 5.48. The summed E-state index contributed by atoms with van der Waals surface area (Å²) >= 11 is 0. The molecule has 3 nitrogen and oxygen atoms in total. The fourth-order valence-corrected chi connectivity index (χ4v) is 3.53. The lowest BCUT2D eigenvalue weighted by molar-refractivity contribution is -0.0445. The van der Waals surface area contributed by atoms with Crippen molar-refractivity contribution in [3.05, 3.63) is 70.8 Å². The summed E-state index contributed by atoms with van der Waals surface area (Å²) in [6.45, 7) is 1.83. The molecule has 0 aliphatic heterocycles. The first kappa shape index (κ1) is 18.0. The summed E-state index contributed by atoms with van der Waals surface area (Å²) in [5.41, 5.74) is -3.68. The lowest BCUT2D eigenvalue weighted by Gasteiger charge is -2.20. The Kier molecular flexibility index (Phi) is 4.99. The standard InChI is InChI=1S/C17H14F3NO2S/c1-12-2-4-13(5-3-12)10-16(24(22,23)17(18,19)20)15-8-6-14(11-21)7-9-15/h2-9,16H,10H2,1H3. The minimum absolute atomic E-state index is 0.00639. The van der Waals surface area contributed by atoms with E-state index in [1.165, 1.54) is 24.3 Å². The molecule has 0 aliphatic carbocycles. The van der Waals surface area contributed by atoms with E-state index in [0.29, 0.717) is 5.56 Å². The van der Waals surface area contributed by atoms with Crippen LogP contribution in [0.5, 0.6) is 0 Å². The van der Waals surface area contributed by atoms with Gasteiger partial charge in [0.15, 0.2) is 0 Å². The first-order valence-electron chi connectivity index (χ1n) is 7.01. The van der Waals surface area contributed by atoms with Crippen molar-refractivity contribution >= 4 is 9.84 Å². The average Bonchev–Trinajstić information content (AvgIpc) is 2.53. The Hall–Kier alpha value is -2.33. The van der Waals surface area contributed by atoms with E-state index in [0.717, 1.165) is 5.56 Å². The summed E-state index contributed by atoms with van der Waals surface area (Å²) in [5, 5.41) is 7.01. The van der Waals surface area contributed by atoms with Gasteiger partial charge < -0.3 is 0 Å². The van der Waals surface area contributed by atoms with Crippen LogP contribution < -0.4 is 0 Å². The number of aryl methyl sites for hydroxylation is 1.